The first-order chi connectivity index (χ1) is 10.6. The lowest BCUT2D eigenvalue weighted by Crippen LogP contribution is -2.46. The van der Waals surface area contributed by atoms with Crippen molar-refractivity contribution in [2.45, 2.75) is 38.2 Å². The average Bonchev–Trinajstić information content (AvgIpc) is 3.21. The summed E-state index contributed by atoms with van der Waals surface area (Å²) in [6, 6.07) is 0. The molecule has 3 aliphatic rings. The zero-order valence-electron chi connectivity index (χ0n) is 14.1. The van der Waals surface area contributed by atoms with Gasteiger partial charge in [-0.2, -0.15) is 0 Å². The number of piperidine rings is 1. The van der Waals surface area contributed by atoms with E-state index in [1.165, 1.54) is 12.8 Å². The van der Waals surface area contributed by atoms with E-state index in [1.54, 1.807) is 0 Å². The standard InChI is InChI=1S/C17H30N2O3/c1-18(2)10-16(20)19-7-5-17(6-8-19)9-15(22-13-17)12-21-11-14-3-4-14/h14-15H,3-13H2,1-2H3/t15-/m1/s1. The quantitative estimate of drug-likeness (QED) is 0.743. The Hall–Kier alpha value is -0.650. The maximum absolute atomic E-state index is 12.1. The van der Waals surface area contributed by atoms with Gasteiger partial charge in [0.15, 0.2) is 0 Å². The van der Waals surface area contributed by atoms with Crippen molar-refractivity contribution in [1.29, 1.82) is 0 Å². The molecule has 3 fully saturated rings. The van der Waals surface area contributed by atoms with Crippen LogP contribution in [0.2, 0.25) is 0 Å². The highest BCUT2D eigenvalue weighted by molar-refractivity contribution is 5.78. The molecule has 1 spiro atoms. The van der Waals surface area contributed by atoms with Crippen LogP contribution >= 0.6 is 0 Å². The molecule has 2 heterocycles. The molecule has 0 aromatic heterocycles. The van der Waals surface area contributed by atoms with Crippen molar-refractivity contribution in [3.05, 3.63) is 0 Å². The van der Waals surface area contributed by atoms with Gasteiger partial charge in [-0.25, -0.2) is 0 Å². The van der Waals surface area contributed by atoms with Gasteiger partial charge >= 0.3 is 0 Å². The molecule has 0 bridgehead atoms. The molecule has 22 heavy (non-hydrogen) atoms. The molecule has 1 saturated carbocycles. The Bertz CT molecular complexity index is 387. The number of carbonyl (C=O) groups is 1. The molecule has 1 amide bonds. The van der Waals surface area contributed by atoms with E-state index in [0.717, 1.165) is 58.1 Å². The van der Waals surface area contributed by atoms with Gasteiger partial charge in [0.25, 0.3) is 0 Å². The molecule has 0 N–H and O–H groups in total. The van der Waals surface area contributed by atoms with Crippen molar-refractivity contribution in [3.8, 4) is 0 Å². The summed E-state index contributed by atoms with van der Waals surface area (Å²) in [4.78, 5) is 16.1. The third-order valence-electron chi connectivity index (χ3n) is 5.27. The summed E-state index contributed by atoms with van der Waals surface area (Å²) >= 11 is 0. The second kappa shape index (κ2) is 6.85. The van der Waals surface area contributed by atoms with Crippen LogP contribution < -0.4 is 0 Å². The van der Waals surface area contributed by atoms with Crippen LogP contribution in [0.1, 0.15) is 32.1 Å². The maximum atomic E-state index is 12.1. The SMILES string of the molecule is CN(C)CC(=O)N1CCC2(CC1)CO[C@@H](COCC1CC1)C2. The number of nitrogens with zero attached hydrogens (tertiary/aromatic N) is 2. The molecule has 126 valence electrons. The van der Waals surface area contributed by atoms with Gasteiger partial charge in [0.1, 0.15) is 0 Å². The summed E-state index contributed by atoms with van der Waals surface area (Å²) in [5.74, 6) is 1.07. The molecular weight excluding hydrogens is 280 g/mol. The number of hydrogen-bond donors (Lipinski definition) is 0. The second-order valence-corrected chi connectivity index (χ2v) is 7.74. The highest BCUT2D eigenvalue weighted by Crippen LogP contribution is 2.42. The highest BCUT2D eigenvalue weighted by atomic mass is 16.5. The van der Waals surface area contributed by atoms with Gasteiger partial charge in [0.05, 0.1) is 25.9 Å². The fraction of sp³-hybridized carbons (Fsp3) is 0.941. The molecule has 1 atom stereocenters. The topological polar surface area (TPSA) is 42.0 Å². The van der Waals surface area contributed by atoms with Gasteiger partial charge in [-0.3, -0.25) is 4.79 Å². The monoisotopic (exact) mass is 310 g/mol. The minimum atomic E-state index is 0.253. The number of carbonyl (C=O) groups excluding carboxylic acids is 1. The van der Waals surface area contributed by atoms with Crippen molar-refractivity contribution in [1.82, 2.24) is 9.80 Å². The number of rotatable bonds is 6. The molecule has 0 radical (unpaired) electrons. The molecule has 3 rings (SSSR count). The van der Waals surface area contributed by atoms with E-state index in [0.29, 0.717) is 12.0 Å². The third kappa shape index (κ3) is 4.21. The molecular formula is C17H30N2O3. The Morgan fingerprint density at radius 3 is 2.64 bits per heavy atom. The van der Waals surface area contributed by atoms with Gasteiger partial charge in [0, 0.05) is 19.7 Å². The molecule has 5 heteroatoms. The molecule has 2 aliphatic heterocycles. The van der Waals surface area contributed by atoms with E-state index >= 15 is 0 Å². The van der Waals surface area contributed by atoms with Crippen molar-refractivity contribution in [2.24, 2.45) is 11.3 Å². The number of ether oxygens (including phenoxy) is 2. The summed E-state index contributed by atoms with van der Waals surface area (Å²) in [5.41, 5.74) is 0.294. The third-order valence-corrected chi connectivity index (χ3v) is 5.27. The van der Waals surface area contributed by atoms with Crippen LogP contribution in [0.5, 0.6) is 0 Å². The highest BCUT2D eigenvalue weighted by Gasteiger charge is 2.43. The van der Waals surface area contributed by atoms with Crippen LogP contribution in [0.25, 0.3) is 0 Å². The van der Waals surface area contributed by atoms with Gasteiger partial charge in [-0.05, 0) is 57.5 Å². The van der Waals surface area contributed by atoms with Crippen LogP contribution in [0.4, 0.5) is 0 Å². The van der Waals surface area contributed by atoms with Gasteiger partial charge in [-0.15, -0.1) is 0 Å². The fourth-order valence-electron chi connectivity index (χ4n) is 3.60. The van der Waals surface area contributed by atoms with Crippen LogP contribution in [0.15, 0.2) is 0 Å². The molecule has 1 aliphatic carbocycles. The summed E-state index contributed by atoms with van der Waals surface area (Å²) in [7, 11) is 3.89. The van der Waals surface area contributed by atoms with Gasteiger partial charge in [0.2, 0.25) is 5.91 Å². The Labute approximate surface area is 133 Å². The number of amides is 1. The zero-order valence-corrected chi connectivity index (χ0v) is 14.1. The van der Waals surface area contributed by atoms with E-state index in [1.807, 2.05) is 23.9 Å². The summed E-state index contributed by atoms with van der Waals surface area (Å²) in [6.45, 7) is 4.79. The Morgan fingerprint density at radius 1 is 1.27 bits per heavy atom. The fourth-order valence-corrected chi connectivity index (χ4v) is 3.60. The largest absolute Gasteiger partial charge is 0.378 e. The molecule has 2 saturated heterocycles. The molecule has 5 nitrogen and oxygen atoms in total. The van der Waals surface area contributed by atoms with Gasteiger partial charge < -0.3 is 19.3 Å². The average molecular weight is 310 g/mol. The van der Waals surface area contributed by atoms with E-state index in [2.05, 4.69) is 0 Å². The Balaban J connectivity index is 1.39. The first kappa shape index (κ1) is 16.2. The van der Waals surface area contributed by atoms with E-state index in [-0.39, 0.29) is 12.0 Å². The van der Waals surface area contributed by atoms with E-state index < -0.39 is 0 Å². The minimum Gasteiger partial charge on any atom is -0.378 e. The Morgan fingerprint density at radius 2 is 2.00 bits per heavy atom. The van der Waals surface area contributed by atoms with E-state index in [4.69, 9.17) is 9.47 Å². The lowest BCUT2D eigenvalue weighted by molar-refractivity contribution is -0.134. The van der Waals surface area contributed by atoms with E-state index in [9.17, 15) is 4.79 Å². The number of likely N-dealkylation sites (tertiary alicyclic amines) is 1. The van der Waals surface area contributed by atoms with Crippen LogP contribution in [0, 0.1) is 11.3 Å². The van der Waals surface area contributed by atoms with Crippen molar-refractivity contribution < 1.29 is 14.3 Å². The lowest BCUT2D eigenvalue weighted by Gasteiger charge is -2.38. The van der Waals surface area contributed by atoms with Crippen LogP contribution in [-0.2, 0) is 14.3 Å². The van der Waals surface area contributed by atoms with Crippen LogP contribution in [-0.4, -0.2) is 75.4 Å². The summed E-state index contributed by atoms with van der Waals surface area (Å²) in [6.07, 6.45) is 6.20. The maximum Gasteiger partial charge on any atom is 0.236 e. The predicted octanol–water partition coefficient (Wildman–Crippen LogP) is 1.37. The van der Waals surface area contributed by atoms with Crippen LogP contribution in [0.3, 0.4) is 0 Å². The lowest BCUT2D eigenvalue weighted by atomic mass is 9.76. The minimum absolute atomic E-state index is 0.253. The van der Waals surface area contributed by atoms with Crippen molar-refractivity contribution in [2.75, 3.05) is 53.6 Å². The molecule has 0 aromatic rings. The first-order valence-electron chi connectivity index (χ1n) is 8.68. The smallest absolute Gasteiger partial charge is 0.236 e. The molecule has 0 unspecified atom stereocenters. The normalized spacial score (nSPS) is 27.8. The Kier molecular flexibility index (Phi) is 5.05. The second-order valence-electron chi connectivity index (χ2n) is 7.74. The number of likely N-dealkylation sites (N-methyl/N-ethyl adjacent to an activating group) is 1. The predicted molar refractivity (Wildman–Crippen MR) is 84.7 cm³/mol. The van der Waals surface area contributed by atoms with Crippen molar-refractivity contribution in [3.63, 3.8) is 0 Å². The zero-order chi connectivity index (χ0) is 15.6. The summed E-state index contributed by atoms with van der Waals surface area (Å²) in [5, 5.41) is 0. The van der Waals surface area contributed by atoms with Crippen molar-refractivity contribution >= 4 is 5.91 Å². The van der Waals surface area contributed by atoms with Gasteiger partial charge in [-0.1, -0.05) is 0 Å². The first-order valence-corrected chi connectivity index (χ1v) is 8.68. The molecule has 0 aromatic carbocycles. The summed E-state index contributed by atoms with van der Waals surface area (Å²) < 4.78 is 11.8. The number of hydrogen-bond acceptors (Lipinski definition) is 4.